The first kappa shape index (κ1) is 16.9. The van der Waals surface area contributed by atoms with Crippen molar-refractivity contribution >= 4 is 11.6 Å². The third-order valence-electron chi connectivity index (χ3n) is 3.43. The molecule has 21 heavy (non-hydrogen) atoms. The molecule has 0 aliphatic heterocycles. The SMILES string of the molecule is CCOc1cccc([N+](=O)[O-])c1C(=O)NCC(CC)CC. The normalized spacial score (nSPS) is 10.5. The average Bonchev–Trinajstić information content (AvgIpc) is 2.48. The van der Waals surface area contributed by atoms with Crippen LogP contribution in [0.1, 0.15) is 44.0 Å². The molecule has 0 saturated heterocycles. The van der Waals surface area contributed by atoms with Crippen molar-refractivity contribution in [1.82, 2.24) is 5.32 Å². The van der Waals surface area contributed by atoms with Gasteiger partial charge in [-0.15, -0.1) is 0 Å². The number of benzene rings is 1. The summed E-state index contributed by atoms with van der Waals surface area (Å²) in [6.07, 6.45) is 1.90. The van der Waals surface area contributed by atoms with Crippen molar-refractivity contribution in [1.29, 1.82) is 0 Å². The highest BCUT2D eigenvalue weighted by Crippen LogP contribution is 2.28. The molecule has 1 aromatic rings. The molecule has 6 nitrogen and oxygen atoms in total. The number of rotatable bonds is 8. The van der Waals surface area contributed by atoms with Gasteiger partial charge in [-0.1, -0.05) is 32.8 Å². The van der Waals surface area contributed by atoms with Crippen molar-refractivity contribution in [2.24, 2.45) is 5.92 Å². The number of nitro groups is 1. The van der Waals surface area contributed by atoms with Gasteiger partial charge in [0.25, 0.3) is 11.6 Å². The average molecular weight is 294 g/mol. The maximum atomic E-state index is 12.3. The molecule has 0 spiro atoms. The summed E-state index contributed by atoms with van der Waals surface area (Å²) in [6.45, 7) is 6.72. The van der Waals surface area contributed by atoms with E-state index in [4.69, 9.17) is 4.74 Å². The maximum absolute atomic E-state index is 12.3. The number of ether oxygens (including phenoxy) is 1. The zero-order valence-corrected chi connectivity index (χ0v) is 12.7. The molecule has 1 rings (SSSR count). The van der Waals surface area contributed by atoms with E-state index in [2.05, 4.69) is 19.2 Å². The number of nitrogens with zero attached hydrogens (tertiary/aromatic N) is 1. The van der Waals surface area contributed by atoms with Gasteiger partial charge in [0.2, 0.25) is 0 Å². The zero-order valence-electron chi connectivity index (χ0n) is 12.7. The number of amides is 1. The third-order valence-corrected chi connectivity index (χ3v) is 3.43. The Morgan fingerprint density at radius 2 is 2.00 bits per heavy atom. The quantitative estimate of drug-likeness (QED) is 0.590. The Bertz CT molecular complexity index is 498. The van der Waals surface area contributed by atoms with Crippen LogP contribution < -0.4 is 10.1 Å². The first-order valence-corrected chi connectivity index (χ1v) is 7.23. The molecule has 1 N–H and O–H groups in total. The number of hydrogen-bond acceptors (Lipinski definition) is 4. The van der Waals surface area contributed by atoms with E-state index >= 15 is 0 Å². The smallest absolute Gasteiger partial charge is 0.285 e. The molecular weight excluding hydrogens is 272 g/mol. The summed E-state index contributed by atoms with van der Waals surface area (Å²) >= 11 is 0. The molecule has 0 bridgehead atoms. The van der Waals surface area contributed by atoms with Crippen molar-refractivity contribution in [2.75, 3.05) is 13.2 Å². The lowest BCUT2D eigenvalue weighted by atomic mass is 10.0. The van der Waals surface area contributed by atoms with E-state index in [0.717, 1.165) is 12.8 Å². The lowest BCUT2D eigenvalue weighted by Gasteiger charge is -2.15. The summed E-state index contributed by atoms with van der Waals surface area (Å²) in [4.78, 5) is 22.8. The molecule has 0 atom stereocenters. The molecule has 6 heteroatoms. The zero-order chi connectivity index (χ0) is 15.8. The highest BCUT2D eigenvalue weighted by atomic mass is 16.6. The fraction of sp³-hybridized carbons (Fsp3) is 0.533. The van der Waals surface area contributed by atoms with Crippen LogP contribution >= 0.6 is 0 Å². The third kappa shape index (κ3) is 4.44. The summed E-state index contributed by atoms with van der Waals surface area (Å²) in [7, 11) is 0. The molecular formula is C15H22N2O4. The molecule has 0 fully saturated rings. The number of hydrogen-bond donors (Lipinski definition) is 1. The molecule has 0 aliphatic carbocycles. The molecule has 0 radical (unpaired) electrons. The van der Waals surface area contributed by atoms with Crippen LogP contribution in [0.2, 0.25) is 0 Å². The van der Waals surface area contributed by atoms with Gasteiger partial charge in [0.05, 0.1) is 11.5 Å². The van der Waals surface area contributed by atoms with Crippen LogP contribution in [0.15, 0.2) is 18.2 Å². The Labute approximate surface area is 124 Å². The predicted octanol–water partition coefficient (Wildman–Crippen LogP) is 3.16. The van der Waals surface area contributed by atoms with E-state index in [1.54, 1.807) is 13.0 Å². The van der Waals surface area contributed by atoms with Gasteiger partial charge in [-0.05, 0) is 18.9 Å². The molecule has 1 amide bonds. The van der Waals surface area contributed by atoms with Gasteiger partial charge in [0.15, 0.2) is 5.56 Å². The van der Waals surface area contributed by atoms with Gasteiger partial charge in [0.1, 0.15) is 5.75 Å². The van der Waals surface area contributed by atoms with Crippen LogP contribution in [0.25, 0.3) is 0 Å². The van der Waals surface area contributed by atoms with Crippen LogP contribution in [0.5, 0.6) is 5.75 Å². The highest BCUT2D eigenvalue weighted by Gasteiger charge is 2.25. The Kier molecular flexibility index (Phi) is 6.65. The second-order valence-corrected chi connectivity index (χ2v) is 4.73. The van der Waals surface area contributed by atoms with Crippen LogP contribution in [-0.4, -0.2) is 24.0 Å². The monoisotopic (exact) mass is 294 g/mol. The second kappa shape index (κ2) is 8.24. The number of nitrogens with one attached hydrogen (secondary N) is 1. The number of carbonyl (C=O) groups excluding carboxylic acids is 1. The summed E-state index contributed by atoms with van der Waals surface area (Å²) in [5.41, 5.74) is -0.238. The van der Waals surface area contributed by atoms with E-state index < -0.39 is 10.8 Å². The standard InChI is InChI=1S/C15H22N2O4/c1-4-11(5-2)10-16-15(18)14-12(17(19)20)8-7-9-13(14)21-6-3/h7-9,11H,4-6,10H2,1-3H3,(H,16,18). The van der Waals surface area contributed by atoms with Gasteiger partial charge in [0, 0.05) is 12.6 Å². The minimum Gasteiger partial charge on any atom is -0.493 e. The van der Waals surface area contributed by atoms with Crippen molar-refractivity contribution in [3.05, 3.63) is 33.9 Å². The van der Waals surface area contributed by atoms with Crippen LogP contribution in [0, 0.1) is 16.0 Å². The number of nitro benzene ring substituents is 1. The molecule has 116 valence electrons. The fourth-order valence-corrected chi connectivity index (χ4v) is 2.08. The second-order valence-electron chi connectivity index (χ2n) is 4.73. The van der Waals surface area contributed by atoms with Gasteiger partial charge in [-0.3, -0.25) is 14.9 Å². The van der Waals surface area contributed by atoms with Gasteiger partial charge in [-0.25, -0.2) is 0 Å². The van der Waals surface area contributed by atoms with Crippen molar-refractivity contribution in [3.8, 4) is 5.75 Å². The molecule has 0 heterocycles. The van der Waals surface area contributed by atoms with E-state index in [9.17, 15) is 14.9 Å². The lowest BCUT2D eigenvalue weighted by Crippen LogP contribution is -2.29. The van der Waals surface area contributed by atoms with E-state index in [1.165, 1.54) is 12.1 Å². The van der Waals surface area contributed by atoms with Gasteiger partial charge < -0.3 is 10.1 Å². The van der Waals surface area contributed by atoms with Crippen molar-refractivity contribution in [2.45, 2.75) is 33.6 Å². The van der Waals surface area contributed by atoms with Crippen LogP contribution in [-0.2, 0) is 0 Å². The topological polar surface area (TPSA) is 81.5 Å². The highest BCUT2D eigenvalue weighted by molar-refractivity contribution is 6.00. The van der Waals surface area contributed by atoms with Crippen LogP contribution in [0.3, 0.4) is 0 Å². The Balaban J connectivity index is 3.02. The van der Waals surface area contributed by atoms with Gasteiger partial charge >= 0.3 is 0 Å². The summed E-state index contributed by atoms with van der Waals surface area (Å²) < 4.78 is 5.34. The minimum absolute atomic E-state index is 0.00435. The fourth-order valence-electron chi connectivity index (χ4n) is 2.08. The van der Waals surface area contributed by atoms with Gasteiger partial charge in [-0.2, -0.15) is 0 Å². The summed E-state index contributed by atoms with van der Waals surface area (Å²) in [5.74, 6) is 0.152. The molecule has 0 aliphatic rings. The van der Waals surface area contributed by atoms with Crippen molar-refractivity contribution < 1.29 is 14.5 Å². The van der Waals surface area contributed by atoms with Crippen LogP contribution in [0.4, 0.5) is 5.69 Å². The minimum atomic E-state index is -0.561. The first-order chi connectivity index (χ1) is 10.0. The summed E-state index contributed by atoms with van der Waals surface area (Å²) in [6, 6.07) is 4.40. The largest absolute Gasteiger partial charge is 0.493 e. The predicted molar refractivity (Wildman–Crippen MR) is 80.7 cm³/mol. The molecule has 0 aromatic heterocycles. The molecule has 0 unspecified atom stereocenters. The molecule has 1 aromatic carbocycles. The maximum Gasteiger partial charge on any atom is 0.285 e. The summed E-state index contributed by atoms with van der Waals surface area (Å²) in [5, 5.41) is 13.9. The molecule has 0 saturated carbocycles. The Morgan fingerprint density at radius 1 is 1.33 bits per heavy atom. The van der Waals surface area contributed by atoms with E-state index in [0.29, 0.717) is 19.1 Å². The first-order valence-electron chi connectivity index (χ1n) is 7.23. The Hall–Kier alpha value is -2.11. The van der Waals surface area contributed by atoms with E-state index in [-0.39, 0.29) is 17.0 Å². The Morgan fingerprint density at radius 3 is 2.52 bits per heavy atom. The number of carbonyl (C=O) groups is 1. The lowest BCUT2D eigenvalue weighted by molar-refractivity contribution is -0.385. The van der Waals surface area contributed by atoms with Crippen molar-refractivity contribution in [3.63, 3.8) is 0 Å². The van der Waals surface area contributed by atoms with E-state index in [1.807, 2.05) is 0 Å².